The van der Waals surface area contributed by atoms with Crippen LogP contribution in [-0.4, -0.2) is 48.1 Å². The first-order valence-electron chi connectivity index (χ1n) is 10.3. The summed E-state index contributed by atoms with van der Waals surface area (Å²) in [5.41, 5.74) is 2.37. The summed E-state index contributed by atoms with van der Waals surface area (Å²) in [7, 11) is 0. The van der Waals surface area contributed by atoms with Gasteiger partial charge in [0.2, 0.25) is 5.91 Å². The molecule has 1 aromatic rings. The highest BCUT2D eigenvalue weighted by Gasteiger charge is 2.41. The van der Waals surface area contributed by atoms with Gasteiger partial charge in [-0.15, -0.1) is 0 Å². The van der Waals surface area contributed by atoms with Crippen LogP contribution < -0.4 is 10.6 Å². The lowest BCUT2D eigenvalue weighted by atomic mass is 9.96. The minimum absolute atomic E-state index is 0.264. The van der Waals surface area contributed by atoms with E-state index in [4.69, 9.17) is 9.73 Å². The zero-order chi connectivity index (χ0) is 18.6. The van der Waals surface area contributed by atoms with Crippen LogP contribution >= 0.6 is 0 Å². The van der Waals surface area contributed by atoms with Gasteiger partial charge in [-0.25, -0.2) is 4.99 Å². The van der Waals surface area contributed by atoms with Gasteiger partial charge < -0.3 is 20.3 Å². The minimum atomic E-state index is 0.264. The molecule has 1 amide bonds. The highest BCUT2D eigenvalue weighted by molar-refractivity contribution is 5.80. The molecule has 0 spiro atoms. The van der Waals surface area contributed by atoms with Crippen molar-refractivity contribution in [2.24, 2.45) is 4.99 Å². The van der Waals surface area contributed by atoms with Crippen molar-refractivity contribution in [2.45, 2.75) is 70.4 Å². The van der Waals surface area contributed by atoms with Crippen molar-refractivity contribution >= 4 is 11.9 Å². The molecule has 6 nitrogen and oxygen atoms in total. The van der Waals surface area contributed by atoms with E-state index in [-0.39, 0.29) is 5.91 Å². The average Bonchev–Trinajstić information content (AvgIpc) is 3.39. The number of nitrogens with one attached hydrogen (secondary N) is 2. The summed E-state index contributed by atoms with van der Waals surface area (Å²) in [5.74, 6) is 1.12. The zero-order valence-electron chi connectivity index (χ0n) is 16.1. The van der Waals surface area contributed by atoms with Gasteiger partial charge in [-0.2, -0.15) is 0 Å². The first kappa shape index (κ1) is 18.3. The van der Waals surface area contributed by atoms with E-state index in [1.54, 1.807) is 0 Å². The smallest absolute Gasteiger partial charge is 0.222 e. The van der Waals surface area contributed by atoms with Crippen LogP contribution in [0.1, 0.15) is 50.2 Å². The Hall–Kier alpha value is -2.08. The Morgan fingerprint density at radius 1 is 1.30 bits per heavy atom. The molecule has 0 saturated carbocycles. The third kappa shape index (κ3) is 4.26. The lowest BCUT2D eigenvalue weighted by Crippen LogP contribution is -2.47. The van der Waals surface area contributed by atoms with Gasteiger partial charge in [0, 0.05) is 26.1 Å². The van der Waals surface area contributed by atoms with Crippen molar-refractivity contribution in [3.63, 3.8) is 0 Å². The molecular weight excluding hydrogens is 340 g/mol. The Bertz CT molecular complexity index is 705. The number of amides is 1. The molecule has 3 aliphatic heterocycles. The predicted octanol–water partition coefficient (Wildman–Crippen LogP) is 2.18. The largest absolute Gasteiger partial charge is 0.373 e. The first-order chi connectivity index (χ1) is 13.2. The van der Waals surface area contributed by atoms with Gasteiger partial charge in [0.05, 0.1) is 24.8 Å². The lowest BCUT2D eigenvalue weighted by molar-refractivity contribution is -0.128. The monoisotopic (exact) mass is 370 g/mol. The summed E-state index contributed by atoms with van der Waals surface area (Å²) in [4.78, 5) is 18.7. The third-order valence-corrected chi connectivity index (χ3v) is 5.83. The zero-order valence-corrected chi connectivity index (χ0v) is 16.1. The second kappa shape index (κ2) is 8.30. The molecule has 2 bridgehead atoms. The van der Waals surface area contributed by atoms with Crippen molar-refractivity contribution < 1.29 is 9.53 Å². The predicted molar refractivity (Wildman–Crippen MR) is 105 cm³/mol. The number of aliphatic imine (C=N–C) groups is 1. The van der Waals surface area contributed by atoms with E-state index in [0.717, 1.165) is 38.3 Å². The van der Waals surface area contributed by atoms with Crippen LogP contribution in [0.3, 0.4) is 0 Å². The molecule has 3 fully saturated rings. The van der Waals surface area contributed by atoms with Gasteiger partial charge in [-0.3, -0.25) is 4.79 Å². The van der Waals surface area contributed by atoms with Crippen molar-refractivity contribution in [3.8, 4) is 0 Å². The molecule has 2 N–H and O–H groups in total. The van der Waals surface area contributed by atoms with E-state index in [1.165, 1.54) is 17.5 Å². The number of carbonyl (C=O) groups excluding carboxylic acids is 1. The maximum absolute atomic E-state index is 12.0. The number of carbonyl (C=O) groups is 1. The van der Waals surface area contributed by atoms with Crippen LogP contribution in [0.4, 0.5) is 0 Å². The molecule has 0 aromatic heterocycles. The SMILES string of the molecule is CCNC(=NCc1ccccc1CN1CCCC1=O)NC1CC2CCC1O2. The Morgan fingerprint density at radius 2 is 2.15 bits per heavy atom. The van der Waals surface area contributed by atoms with Gasteiger partial charge in [-0.1, -0.05) is 24.3 Å². The molecule has 6 heteroatoms. The molecule has 0 aliphatic carbocycles. The van der Waals surface area contributed by atoms with E-state index < -0.39 is 0 Å². The molecule has 3 aliphatic rings. The van der Waals surface area contributed by atoms with Gasteiger partial charge >= 0.3 is 0 Å². The van der Waals surface area contributed by atoms with Crippen LogP contribution in [0, 0.1) is 0 Å². The van der Waals surface area contributed by atoms with Crippen LogP contribution in [0.15, 0.2) is 29.3 Å². The van der Waals surface area contributed by atoms with Crippen LogP contribution in [0.5, 0.6) is 0 Å². The number of hydrogen-bond donors (Lipinski definition) is 2. The summed E-state index contributed by atoms with van der Waals surface area (Å²) in [5, 5.41) is 6.93. The molecule has 0 radical (unpaired) electrons. The van der Waals surface area contributed by atoms with Crippen molar-refractivity contribution in [3.05, 3.63) is 35.4 Å². The molecule has 146 valence electrons. The lowest BCUT2D eigenvalue weighted by Gasteiger charge is -2.23. The number of nitrogens with zero attached hydrogens (tertiary/aromatic N) is 2. The minimum Gasteiger partial charge on any atom is -0.373 e. The highest BCUT2D eigenvalue weighted by Crippen LogP contribution is 2.34. The number of hydrogen-bond acceptors (Lipinski definition) is 3. The second-order valence-corrected chi connectivity index (χ2v) is 7.74. The number of benzene rings is 1. The average molecular weight is 370 g/mol. The topological polar surface area (TPSA) is 66.0 Å². The number of guanidine groups is 1. The summed E-state index contributed by atoms with van der Waals surface area (Å²) in [6.45, 7) is 5.08. The number of likely N-dealkylation sites (tertiary alicyclic amines) is 1. The fraction of sp³-hybridized carbons (Fsp3) is 0.619. The van der Waals surface area contributed by atoms with Crippen LogP contribution in [0.25, 0.3) is 0 Å². The van der Waals surface area contributed by atoms with Gasteiger partial charge in [0.15, 0.2) is 5.96 Å². The standard InChI is InChI=1S/C21H30N4O2/c1-2-22-21(24-18-12-17-9-10-19(18)27-17)23-13-15-6-3-4-7-16(15)14-25-11-5-8-20(25)26/h3-4,6-7,17-19H,2,5,8-14H2,1H3,(H2,22,23,24). The number of fused-ring (bicyclic) bond motifs is 2. The summed E-state index contributed by atoms with van der Waals surface area (Å²) < 4.78 is 5.95. The Balaban J connectivity index is 1.42. The van der Waals surface area contributed by atoms with Crippen molar-refractivity contribution in [2.75, 3.05) is 13.1 Å². The molecular formula is C21H30N4O2. The van der Waals surface area contributed by atoms with Gasteiger partial charge in [0.1, 0.15) is 0 Å². The molecule has 27 heavy (non-hydrogen) atoms. The fourth-order valence-corrected chi connectivity index (χ4v) is 4.39. The second-order valence-electron chi connectivity index (χ2n) is 7.74. The molecule has 3 saturated heterocycles. The molecule has 3 atom stereocenters. The number of ether oxygens (including phenoxy) is 1. The summed E-state index contributed by atoms with van der Waals surface area (Å²) >= 11 is 0. The summed E-state index contributed by atoms with van der Waals surface area (Å²) in [6.07, 6.45) is 5.82. The molecule has 3 unspecified atom stereocenters. The normalized spacial score (nSPS) is 27.4. The molecule has 3 heterocycles. The first-order valence-corrected chi connectivity index (χ1v) is 10.3. The fourth-order valence-electron chi connectivity index (χ4n) is 4.39. The maximum atomic E-state index is 12.0. The quantitative estimate of drug-likeness (QED) is 0.595. The van der Waals surface area contributed by atoms with Crippen molar-refractivity contribution in [1.82, 2.24) is 15.5 Å². The van der Waals surface area contributed by atoms with Crippen LogP contribution in [0.2, 0.25) is 0 Å². The van der Waals surface area contributed by atoms with Gasteiger partial charge in [-0.05, 0) is 43.7 Å². The van der Waals surface area contributed by atoms with Gasteiger partial charge in [0.25, 0.3) is 0 Å². The molecule has 4 rings (SSSR count). The third-order valence-electron chi connectivity index (χ3n) is 5.83. The van der Waals surface area contributed by atoms with Crippen molar-refractivity contribution in [1.29, 1.82) is 0 Å². The Kier molecular flexibility index (Phi) is 5.62. The maximum Gasteiger partial charge on any atom is 0.222 e. The van der Waals surface area contributed by atoms with E-state index in [0.29, 0.717) is 37.8 Å². The highest BCUT2D eigenvalue weighted by atomic mass is 16.5. The Morgan fingerprint density at radius 3 is 2.81 bits per heavy atom. The van der Waals surface area contributed by atoms with E-state index >= 15 is 0 Å². The summed E-state index contributed by atoms with van der Waals surface area (Å²) in [6, 6.07) is 8.67. The number of rotatable bonds is 6. The van der Waals surface area contributed by atoms with E-state index in [1.807, 2.05) is 17.0 Å². The Labute approximate surface area is 161 Å². The van der Waals surface area contributed by atoms with E-state index in [2.05, 4.69) is 29.7 Å². The van der Waals surface area contributed by atoms with Crippen LogP contribution in [-0.2, 0) is 22.6 Å². The van der Waals surface area contributed by atoms with E-state index in [9.17, 15) is 4.79 Å². The molecule has 1 aromatic carbocycles.